The second kappa shape index (κ2) is 8.15. The summed E-state index contributed by atoms with van der Waals surface area (Å²) in [7, 11) is 0. The van der Waals surface area contributed by atoms with E-state index in [4.69, 9.17) is 0 Å². The molecule has 3 aromatic rings. The van der Waals surface area contributed by atoms with E-state index < -0.39 is 0 Å². The fourth-order valence-corrected chi connectivity index (χ4v) is 2.85. The topological polar surface area (TPSA) is 61.7 Å². The molecule has 1 aliphatic rings. The monoisotopic (exact) mass is 368 g/mol. The molecular formula is C20H21ClN4O. The highest BCUT2D eigenvalue weighted by molar-refractivity contribution is 5.75. The summed E-state index contributed by atoms with van der Waals surface area (Å²) < 4.78 is 1.90. The Balaban J connectivity index is 0.00000196. The van der Waals surface area contributed by atoms with Gasteiger partial charge < -0.3 is 17.7 Å². The summed E-state index contributed by atoms with van der Waals surface area (Å²) in [5.41, 5.74) is 4.21. The SMILES string of the molecule is O=C(C[n+]1cccc(-c2cc(Cc3ccccc3)[nH]n2)c1)NC1CC1.[Cl-]. The van der Waals surface area contributed by atoms with Crippen LogP contribution in [0.3, 0.4) is 0 Å². The Kier molecular flexibility index (Phi) is 5.68. The van der Waals surface area contributed by atoms with Gasteiger partial charge in [-0.15, -0.1) is 0 Å². The Morgan fingerprint density at radius 2 is 2.00 bits per heavy atom. The van der Waals surface area contributed by atoms with Crippen molar-refractivity contribution in [2.24, 2.45) is 0 Å². The molecule has 134 valence electrons. The number of pyridine rings is 1. The van der Waals surface area contributed by atoms with E-state index in [1.807, 2.05) is 47.3 Å². The first-order valence-corrected chi connectivity index (χ1v) is 8.63. The summed E-state index contributed by atoms with van der Waals surface area (Å²) in [6.07, 6.45) is 6.91. The van der Waals surface area contributed by atoms with Gasteiger partial charge in [0.25, 0.3) is 5.91 Å². The third-order valence-electron chi connectivity index (χ3n) is 4.29. The number of H-pyrrole nitrogens is 1. The number of amides is 1. The number of aromatic nitrogens is 3. The fraction of sp³-hybridized carbons (Fsp3) is 0.250. The smallest absolute Gasteiger partial charge is 0.286 e. The van der Waals surface area contributed by atoms with Crippen molar-refractivity contribution in [2.75, 3.05) is 0 Å². The van der Waals surface area contributed by atoms with Gasteiger partial charge in [0.1, 0.15) is 0 Å². The molecule has 0 aliphatic heterocycles. The number of rotatable bonds is 6. The van der Waals surface area contributed by atoms with Gasteiger partial charge in [-0.3, -0.25) is 9.89 Å². The highest BCUT2D eigenvalue weighted by atomic mass is 35.5. The van der Waals surface area contributed by atoms with Crippen LogP contribution in [-0.4, -0.2) is 22.1 Å². The molecule has 0 saturated heterocycles. The predicted molar refractivity (Wildman–Crippen MR) is 94.6 cm³/mol. The zero-order chi connectivity index (χ0) is 17.1. The lowest BCUT2D eigenvalue weighted by atomic mass is 10.1. The van der Waals surface area contributed by atoms with Gasteiger partial charge in [-0.25, -0.2) is 0 Å². The Hall–Kier alpha value is -2.66. The molecule has 4 rings (SSSR count). The van der Waals surface area contributed by atoms with Gasteiger partial charge in [0.2, 0.25) is 6.54 Å². The van der Waals surface area contributed by atoms with E-state index in [9.17, 15) is 4.79 Å². The standard InChI is InChI=1S/C20H20N4O.ClH/c25-20(21-17-8-9-17)14-24-10-4-7-16(13-24)19-12-18(22-23-19)11-15-5-2-1-3-6-15;/h1-7,10,12-13,17H,8-9,11,14H2,(H-,21,22,23,25);1H. The van der Waals surface area contributed by atoms with E-state index in [0.717, 1.165) is 36.2 Å². The third kappa shape index (κ3) is 4.70. The Bertz CT molecular complexity index is 874. The van der Waals surface area contributed by atoms with E-state index in [1.165, 1.54) is 5.56 Å². The van der Waals surface area contributed by atoms with Crippen LogP contribution in [0.1, 0.15) is 24.1 Å². The van der Waals surface area contributed by atoms with Gasteiger partial charge >= 0.3 is 0 Å². The van der Waals surface area contributed by atoms with Crippen molar-refractivity contribution >= 4 is 5.91 Å². The van der Waals surface area contributed by atoms with Gasteiger partial charge in [0, 0.05) is 24.2 Å². The highest BCUT2D eigenvalue weighted by Crippen LogP contribution is 2.19. The number of halogens is 1. The Morgan fingerprint density at radius 1 is 1.19 bits per heavy atom. The van der Waals surface area contributed by atoms with E-state index in [-0.39, 0.29) is 18.3 Å². The number of nitrogens with zero attached hydrogens (tertiary/aromatic N) is 2. The van der Waals surface area contributed by atoms with Crippen molar-refractivity contribution in [1.82, 2.24) is 15.5 Å². The van der Waals surface area contributed by atoms with Crippen LogP contribution in [0, 0.1) is 0 Å². The quantitative estimate of drug-likeness (QED) is 0.562. The first-order valence-electron chi connectivity index (χ1n) is 8.63. The molecule has 1 aliphatic carbocycles. The van der Waals surface area contributed by atoms with Crippen LogP contribution in [0.5, 0.6) is 0 Å². The van der Waals surface area contributed by atoms with Gasteiger partial charge in [-0.05, 0) is 30.5 Å². The van der Waals surface area contributed by atoms with Crippen molar-refractivity contribution in [3.8, 4) is 11.3 Å². The molecule has 1 aromatic carbocycles. The van der Waals surface area contributed by atoms with E-state index in [2.05, 4.69) is 33.7 Å². The maximum atomic E-state index is 12.0. The molecule has 2 heterocycles. The number of hydrogen-bond donors (Lipinski definition) is 2. The number of aromatic amines is 1. The third-order valence-corrected chi connectivity index (χ3v) is 4.29. The molecule has 2 N–H and O–H groups in total. The normalized spacial score (nSPS) is 13.1. The minimum atomic E-state index is 0. The fourth-order valence-electron chi connectivity index (χ4n) is 2.85. The van der Waals surface area contributed by atoms with E-state index in [0.29, 0.717) is 12.6 Å². The lowest BCUT2D eigenvalue weighted by Crippen LogP contribution is -3.00. The molecule has 0 atom stereocenters. The summed E-state index contributed by atoms with van der Waals surface area (Å²) in [4.78, 5) is 12.0. The van der Waals surface area contributed by atoms with Crippen molar-refractivity contribution < 1.29 is 21.8 Å². The van der Waals surface area contributed by atoms with Crippen LogP contribution >= 0.6 is 0 Å². The molecule has 6 heteroatoms. The molecule has 5 nitrogen and oxygen atoms in total. The zero-order valence-electron chi connectivity index (χ0n) is 14.4. The van der Waals surface area contributed by atoms with Crippen molar-refractivity contribution in [3.05, 3.63) is 72.2 Å². The summed E-state index contributed by atoms with van der Waals surface area (Å²) in [5, 5.41) is 10.5. The first kappa shape index (κ1) is 18.1. The van der Waals surface area contributed by atoms with Crippen LogP contribution in [0.2, 0.25) is 0 Å². The summed E-state index contributed by atoms with van der Waals surface area (Å²) in [5.74, 6) is 0.0662. The molecule has 0 radical (unpaired) electrons. The van der Waals surface area contributed by atoms with E-state index >= 15 is 0 Å². The average molecular weight is 369 g/mol. The molecule has 26 heavy (non-hydrogen) atoms. The maximum Gasteiger partial charge on any atom is 0.286 e. The van der Waals surface area contributed by atoms with Crippen LogP contribution < -0.4 is 22.3 Å². The van der Waals surface area contributed by atoms with Crippen LogP contribution in [-0.2, 0) is 17.8 Å². The van der Waals surface area contributed by atoms with Crippen LogP contribution in [0.15, 0.2) is 60.9 Å². The summed E-state index contributed by atoms with van der Waals surface area (Å²) in [6, 6.07) is 16.7. The average Bonchev–Trinajstić information content (AvgIpc) is 3.31. The lowest BCUT2D eigenvalue weighted by Gasteiger charge is -2.01. The van der Waals surface area contributed by atoms with Crippen molar-refractivity contribution in [2.45, 2.75) is 31.8 Å². The minimum Gasteiger partial charge on any atom is -1.00 e. The van der Waals surface area contributed by atoms with Gasteiger partial charge in [0.15, 0.2) is 12.4 Å². The molecule has 1 amide bonds. The Morgan fingerprint density at radius 3 is 2.77 bits per heavy atom. The summed E-state index contributed by atoms with van der Waals surface area (Å²) >= 11 is 0. The van der Waals surface area contributed by atoms with Crippen molar-refractivity contribution in [1.29, 1.82) is 0 Å². The van der Waals surface area contributed by atoms with E-state index in [1.54, 1.807) is 0 Å². The lowest BCUT2D eigenvalue weighted by molar-refractivity contribution is -0.684. The largest absolute Gasteiger partial charge is 1.00 e. The maximum absolute atomic E-state index is 12.0. The van der Waals surface area contributed by atoms with Gasteiger partial charge in [-0.1, -0.05) is 30.3 Å². The molecule has 1 fully saturated rings. The molecular weight excluding hydrogens is 348 g/mol. The highest BCUT2D eigenvalue weighted by Gasteiger charge is 2.24. The van der Waals surface area contributed by atoms with Crippen LogP contribution in [0.25, 0.3) is 11.3 Å². The van der Waals surface area contributed by atoms with Crippen molar-refractivity contribution in [3.63, 3.8) is 0 Å². The summed E-state index contributed by atoms with van der Waals surface area (Å²) in [6.45, 7) is 0.339. The molecule has 0 unspecified atom stereocenters. The molecule has 1 saturated carbocycles. The molecule has 2 aromatic heterocycles. The molecule has 0 bridgehead atoms. The minimum absolute atomic E-state index is 0. The number of hydrogen-bond acceptors (Lipinski definition) is 2. The molecule has 0 spiro atoms. The predicted octanol–water partition coefficient (Wildman–Crippen LogP) is -0.762. The van der Waals surface area contributed by atoms with Gasteiger partial charge in [0.05, 0.1) is 11.3 Å². The second-order valence-corrected chi connectivity index (χ2v) is 6.55. The number of nitrogens with one attached hydrogen (secondary N) is 2. The second-order valence-electron chi connectivity index (χ2n) is 6.55. The zero-order valence-corrected chi connectivity index (χ0v) is 15.1. The van der Waals surface area contributed by atoms with Gasteiger partial charge in [-0.2, -0.15) is 9.67 Å². The number of benzene rings is 1. The first-order chi connectivity index (χ1) is 12.3. The number of carbonyl (C=O) groups is 1. The van der Waals surface area contributed by atoms with Crippen LogP contribution in [0.4, 0.5) is 0 Å². The Labute approximate surface area is 158 Å². The number of carbonyl (C=O) groups excluding carboxylic acids is 1.